The van der Waals surface area contributed by atoms with Crippen LogP contribution in [0, 0.1) is 6.92 Å². The molecular formula is C18H17N3O2S. The Morgan fingerprint density at radius 3 is 2.71 bits per heavy atom. The molecule has 0 spiro atoms. The number of aryl methyl sites for hydroxylation is 1. The second-order valence-electron chi connectivity index (χ2n) is 5.43. The molecule has 0 N–H and O–H groups in total. The van der Waals surface area contributed by atoms with Gasteiger partial charge >= 0.3 is 0 Å². The smallest absolute Gasteiger partial charge is 0.267 e. The number of pyridine rings is 1. The minimum absolute atomic E-state index is 0.117. The molecule has 3 rings (SSSR count). The van der Waals surface area contributed by atoms with Crippen LogP contribution in [0.5, 0.6) is 0 Å². The Morgan fingerprint density at radius 2 is 2.00 bits per heavy atom. The molecule has 0 amide bonds. The second-order valence-corrected chi connectivity index (χ2v) is 6.37. The van der Waals surface area contributed by atoms with Crippen molar-refractivity contribution in [3.63, 3.8) is 0 Å². The van der Waals surface area contributed by atoms with Gasteiger partial charge in [-0.3, -0.25) is 9.59 Å². The van der Waals surface area contributed by atoms with Gasteiger partial charge in [0.2, 0.25) is 0 Å². The Balaban J connectivity index is 2.19. The van der Waals surface area contributed by atoms with Crippen LogP contribution in [0.2, 0.25) is 0 Å². The fourth-order valence-corrected chi connectivity index (χ4v) is 3.21. The van der Waals surface area contributed by atoms with E-state index in [1.165, 1.54) is 16.3 Å². The van der Waals surface area contributed by atoms with E-state index in [1.807, 2.05) is 32.0 Å². The van der Waals surface area contributed by atoms with E-state index >= 15 is 0 Å². The van der Waals surface area contributed by atoms with Gasteiger partial charge in [-0.1, -0.05) is 36.9 Å². The van der Waals surface area contributed by atoms with Crippen LogP contribution < -0.4 is 5.56 Å². The SMILES string of the molecule is CCC(=O)CSc1nc2ccccc2c(=O)n1-c1ccc(C)cn1. The summed E-state index contributed by atoms with van der Waals surface area (Å²) in [6, 6.07) is 10.9. The first-order valence-corrected chi connectivity index (χ1v) is 8.68. The number of carbonyl (C=O) groups is 1. The number of carbonyl (C=O) groups excluding carboxylic acids is 1. The van der Waals surface area contributed by atoms with E-state index in [1.54, 1.807) is 24.4 Å². The van der Waals surface area contributed by atoms with Crippen LogP contribution in [-0.2, 0) is 4.79 Å². The number of rotatable bonds is 5. The number of para-hydroxylation sites is 1. The van der Waals surface area contributed by atoms with Gasteiger partial charge in [0.15, 0.2) is 5.16 Å². The zero-order chi connectivity index (χ0) is 17.1. The molecule has 24 heavy (non-hydrogen) atoms. The van der Waals surface area contributed by atoms with Gasteiger partial charge < -0.3 is 0 Å². The van der Waals surface area contributed by atoms with E-state index in [9.17, 15) is 9.59 Å². The third-order valence-corrected chi connectivity index (χ3v) is 4.62. The van der Waals surface area contributed by atoms with E-state index in [0.29, 0.717) is 28.3 Å². The zero-order valence-corrected chi connectivity index (χ0v) is 14.3. The van der Waals surface area contributed by atoms with E-state index in [4.69, 9.17) is 0 Å². The summed E-state index contributed by atoms with van der Waals surface area (Å²) in [5.74, 6) is 0.911. The van der Waals surface area contributed by atoms with Crippen molar-refractivity contribution in [2.24, 2.45) is 0 Å². The Labute approximate surface area is 143 Å². The van der Waals surface area contributed by atoms with Gasteiger partial charge in [-0.15, -0.1) is 0 Å². The third kappa shape index (κ3) is 3.23. The molecule has 0 aliphatic carbocycles. The molecule has 1 aromatic carbocycles. The van der Waals surface area contributed by atoms with Crippen LogP contribution in [0.4, 0.5) is 0 Å². The minimum Gasteiger partial charge on any atom is -0.299 e. The average Bonchev–Trinajstić information content (AvgIpc) is 2.61. The van der Waals surface area contributed by atoms with Crippen molar-refractivity contribution in [3.05, 3.63) is 58.5 Å². The summed E-state index contributed by atoms with van der Waals surface area (Å²) in [5, 5.41) is 1.02. The van der Waals surface area contributed by atoms with Crippen LogP contribution in [0.25, 0.3) is 16.7 Å². The molecule has 0 bridgehead atoms. The molecule has 0 saturated carbocycles. The lowest BCUT2D eigenvalue weighted by Crippen LogP contribution is -2.23. The number of benzene rings is 1. The van der Waals surface area contributed by atoms with Gasteiger partial charge in [-0.2, -0.15) is 0 Å². The summed E-state index contributed by atoms with van der Waals surface area (Å²) >= 11 is 1.27. The highest BCUT2D eigenvalue weighted by molar-refractivity contribution is 7.99. The lowest BCUT2D eigenvalue weighted by Gasteiger charge is -2.12. The monoisotopic (exact) mass is 339 g/mol. The van der Waals surface area contributed by atoms with Crippen molar-refractivity contribution in [1.29, 1.82) is 0 Å². The Bertz CT molecular complexity index is 949. The predicted molar refractivity (Wildman–Crippen MR) is 95.9 cm³/mol. The Morgan fingerprint density at radius 1 is 1.21 bits per heavy atom. The number of hydrogen-bond donors (Lipinski definition) is 0. The normalized spacial score (nSPS) is 10.9. The van der Waals surface area contributed by atoms with Crippen molar-refractivity contribution >= 4 is 28.4 Å². The van der Waals surface area contributed by atoms with Gasteiger partial charge in [0.05, 0.1) is 16.7 Å². The number of ketones is 1. The first kappa shape index (κ1) is 16.4. The number of thioether (sulfide) groups is 1. The maximum Gasteiger partial charge on any atom is 0.267 e. The first-order valence-electron chi connectivity index (χ1n) is 7.69. The molecule has 0 fully saturated rings. The lowest BCUT2D eigenvalue weighted by molar-refractivity contribution is -0.116. The molecule has 2 heterocycles. The van der Waals surface area contributed by atoms with Crippen LogP contribution in [0.3, 0.4) is 0 Å². The number of fused-ring (bicyclic) bond motifs is 1. The van der Waals surface area contributed by atoms with Crippen molar-refractivity contribution in [1.82, 2.24) is 14.5 Å². The van der Waals surface area contributed by atoms with E-state index < -0.39 is 0 Å². The molecule has 0 atom stereocenters. The molecule has 122 valence electrons. The van der Waals surface area contributed by atoms with Crippen molar-refractivity contribution in [2.75, 3.05) is 5.75 Å². The fourth-order valence-electron chi connectivity index (χ4n) is 2.25. The van der Waals surface area contributed by atoms with Gasteiger partial charge in [0.25, 0.3) is 5.56 Å². The maximum atomic E-state index is 12.9. The van der Waals surface area contributed by atoms with Crippen LogP contribution >= 0.6 is 11.8 Å². The highest BCUT2D eigenvalue weighted by Crippen LogP contribution is 2.20. The molecule has 0 aliphatic heterocycles. The molecule has 0 unspecified atom stereocenters. The van der Waals surface area contributed by atoms with E-state index in [0.717, 1.165) is 5.56 Å². The number of nitrogens with zero attached hydrogens (tertiary/aromatic N) is 3. The Kier molecular flexibility index (Phi) is 4.76. The first-order chi connectivity index (χ1) is 11.6. The topological polar surface area (TPSA) is 64.8 Å². The molecule has 0 saturated heterocycles. The predicted octanol–water partition coefficient (Wildman–Crippen LogP) is 3.16. The molecular weight excluding hydrogens is 322 g/mol. The molecule has 6 heteroatoms. The molecule has 5 nitrogen and oxygen atoms in total. The highest BCUT2D eigenvalue weighted by Gasteiger charge is 2.15. The summed E-state index contributed by atoms with van der Waals surface area (Å²) < 4.78 is 1.48. The maximum absolute atomic E-state index is 12.9. The van der Waals surface area contributed by atoms with Gasteiger partial charge in [-0.05, 0) is 30.7 Å². The van der Waals surface area contributed by atoms with Crippen molar-refractivity contribution in [3.8, 4) is 5.82 Å². The molecule has 0 radical (unpaired) electrons. The van der Waals surface area contributed by atoms with Crippen molar-refractivity contribution in [2.45, 2.75) is 25.4 Å². The van der Waals surface area contributed by atoms with Crippen LogP contribution in [0.15, 0.2) is 52.5 Å². The summed E-state index contributed by atoms with van der Waals surface area (Å²) in [5.41, 5.74) is 1.46. The average molecular weight is 339 g/mol. The van der Waals surface area contributed by atoms with Gasteiger partial charge in [-0.25, -0.2) is 14.5 Å². The standard InChI is InChI=1S/C18H17N3O2S/c1-3-13(22)11-24-18-20-15-7-5-4-6-14(15)17(23)21(18)16-9-8-12(2)10-19-16/h4-10H,3,11H2,1-2H3. The number of hydrogen-bond acceptors (Lipinski definition) is 5. The second kappa shape index (κ2) is 6.97. The molecule has 2 aromatic heterocycles. The summed E-state index contributed by atoms with van der Waals surface area (Å²) in [4.78, 5) is 33.5. The summed E-state index contributed by atoms with van der Waals surface area (Å²) in [6.45, 7) is 3.76. The fraction of sp³-hybridized carbons (Fsp3) is 0.222. The van der Waals surface area contributed by atoms with Crippen molar-refractivity contribution < 1.29 is 4.79 Å². The third-order valence-electron chi connectivity index (χ3n) is 3.63. The minimum atomic E-state index is -0.177. The van der Waals surface area contributed by atoms with Gasteiger partial charge in [0, 0.05) is 12.6 Å². The van der Waals surface area contributed by atoms with Crippen LogP contribution in [-0.4, -0.2) is 26.1 Å². The highest BCUT2D eigenvalue weighted by atomic mass is 32.2. The lowest BCUT2D eigenvalue weighted by atomic mass is 10.2. The summed E-state index contributed by atoms with van der Waals surface area (Å²) in [6.07, 6.45) is 2.18. The quantitative estimate of drug-likeness (QED) is 0.528. The number of aromatic nitrogens is 3. The number of Topliss-reactive ketones (excluding diaryl/α,β-unsaturated/α-hetero) is 1. The molecule has 3 aromatic rings. The van der Waals surface area contributed by atoms with E-state index in [2.05, 4.69) is 9.97 Å². The van der Waals surface area contributed by atoms with Crippen LogP contribution in [0.1, 0.15) is 18.9 Å². The van der Waals surface area contributed by atoms with Gasteiger partial charge in [0.1, 0.15) is 11.6 Å². The summed E-state index contributed by atoms with van der Waals surface area (Å²) in [7, 11) is 0. The largest absolute Gasteiger partial charge is 0.299 e. The molecule has 0 aliphatic rings. The zero-order valence-electron chi connectivity index (χ0n) is 13.5. The Hall–Kier alpha value is -2.47. The van der Waals surface area contributed by atoms with E-state index in [-0.39, 0.29) is 17.1 Å².